The molecule has 0 aliphatic heterocycles. The van der Waals surface area contributed by atoms with Gasteiger partial charge in [0.1, 0.15) is 0 Å². The van der Waals surface area contributed by atoms with Crippen molar-refractivity contribution in [1.29, 1.82) is 0 Å². The Hall–Kier alpha value is -4.53. The number of nitrogens with zero attached hydrogens (tertiary/aromatic N) is 1. The van der Waals surface area contributed by atoms with Crippen LogP contribution >= 0.6 is 0 Å². The van der Waals surface area contributed by atoms with Crippen molar-refractivity contribution in [3.05, 3.63) is 96.3 Å². The summed E-state index contributed by atoms with van der Waals surface area (Å²) in [4.78, 5) is 53.6. The number of hydrogen-bond acceptors (Lipinski definition) is 7. The zero-order chi connectivity index (χ0) is 22.9. The third-order valence-corrected chi connectivity index (χ3v) is 4.21. The van der Waals surface area contributed by atoms with Crippen LogP contribution in [0.5, 0.6) is 0 Å². The SMILES string of the molecule is O=C(O[C@@H](C(=O)O)[C@@H](OC(=O)c1ccccc1)C(=O)Nc1ccncc1)c1ccccc1. The minimum absolute atomic E-state index is 0.0708. The molecule has 0 saturated carbocycles. The fraction of sp³-hybridized carbons (Fsp3) is 0.0870. The molecular weight excluding hydrogens is 416 g/mol. The highest BCUT2D eigenvalue weighted by molar-refractivity contribution is 6.01. The van der Waals surface area contributed by atoms with Crippen molar-refractivity contribution in [3.63, 3.8) is 0 Å². The lowest BCUT2D eigenvalue weighted by Crippen LogP contribution is -2.48. The number of esters is 2. The van der Waals surface area contributed by atoms with Crippen molar-refractivity contribution >= 4 is 29.5 Å². The Balaban J connectivity index is 1.88. The Morgan fingerprint density at radius 2 is 1.19 bits per heavy atom. The van der Waals surface area contributed by atoms with Gasteiger partial charge in [0.25, 0.3) is 5.91 Å². The number of pyridine rings is 1. The predicted octanol–water partition coefficient (Wildman–Crippen LogP) is 2.56. The third kappa shape index (κ3) is 5.76. The van der Waals surface area contributed by atoms with Crippen molar-refractivity contribution < 1.29 is 33.8 Å². The van der Waals surface area contributed by atoms with E-state index in [4.69, 9.17) is 9.47 Å². The molecular formula is C23H18N2O7. The van der Waals surface area contributed by atoms with E-state index in [2.05, 4.69) is 10.3 Å². The Morgan fingerprint density at radius 3 is 1.66 bits per heavy atom. The van der Waals surface area contributed by atoms with Crippen LogP contribution in [0, 0.1) is 0 Å². The van der Waals surface area contributed by atoms with E-state index in [-0.39, 0.29) is 16.8 Å². The van der Waals surface area contributed by atoms with Gasteiger partial charge in [0.2, 0.25) is 12.2 Å². The number of hydrogen-bond donors (Lipinski definition) is 2. The second-order valence-corrected chi connectivity index (χ2v) is 6.45. The zero-order valence-electron chi connectivity index (χ0n) is 16.6. The number of nitrogens with one attached hydrogen (secondary N) is 1. The van der Waals surface area contributed by atoms with Crippen LogP contribution in [-0.2, 0) is 19.1 Å². The molecule has 2 atom stereocenters. The van der Waals surface area contributed by atoms with Gasteiger partial charge in [0.15, 0.2) is 0 Å². The standard InChI is InChI=1S/C23H18N2O7/c26-20(25-17-11-13-24-14-12-17)18(31-22(29)15-7-3-1-4-8-15)19(21(27)28)32-23(30)16-9-5-2-6-10-16/h1-14,18-19H,(H,27,28)(H,24,25,26)/t18-,19-/m1/s1. The number of aromatic nitrogens is 1. The first-order valence-electron chi connectivity index (χ1n) is 9.41. The van der Waals surface area contributed by atoms with Crippen LogP contribution in [0.2, 0.25) is 0 Å². The molecule has 0 aliphatic rings. The minimum atomic E-state index is -2.10. The lowest BCUT2D eigenvalue weighted by molar-refractivity contribution is -0.157. The molecule has 3 aromatic rings. The molecule has 0 unspecified atom stereocenters. The van der Waals surface area contributed by atoms with E-state index in [1.807, 2.05) is 0 Å². The molecule has 32 heavy (non-hydrogen) atoms. The highest BCUT2D eigenvalue weighted by Gasteiger charge is 2.41. The average molecular weight is 434 g/mol. The Kier molecular flexibility index (Phi) is 7.26. The van der Waals surface area contributed by atoms with Crippen molar-refractivity contribution in [2.24, 2.45) is 0 Å². The van der Waals surface area contributed by atoms with Gasteiger partial charge in [-0.05, 0) is 36.4 Å². The number of carboxylic acids is 1. The quantitative estimate of drug-likeness (QED) is 0.517. The molecule has 0 aliphatic carbocycles. The normalized spacial score (nSPS) is 12.1. The summed E-state index contributed by atoms with van der Waals surface area (Å²) in [5.74, 6) is -4.60. The van der Waals surface area contributed by atoms with E-state index < -0.39 is 36.0 Å². The van der Waals surface area contributed by atoms with Crippen LogP contribution in [0.1, 0.15) is 20.7 Å². The van der Waals surface area contributed by atoms with E-state index in [9.17, 15) is 24.3 Å². The maximum atomic E-state index is 12.9. The van der Waals surface area contributed by atoms with Crippen molar-refractivity contribution in [3.8, 4) is 0 Å². The molecule has 0 spiro atoms. The number of rotatable bonds is 8. The summed E-state index contributed by atoms with van der Waals surface area (Å²) in [6.07, 6.45) is -1.26. The molecule has 162 valence electrons. The van der Waals surface area contributed by atoms with E-state index >= 15 is 0 Å². The molecule has 2 aromatic carbocycles. The molecule has 0 radical (unpaired) electrons. The Morgan fingerprint density at radius 1 is 0.719 bits per heavy atom. The summed E-state index contributed by atoms with van der Waals surface area (Å²) in [5, 5.41) is 12.1. The van der Waals surface area contributed by atoms with Crippen molar-refractivity contribution in [2.45, 2.75) is 12.2 Å². The average Bonchev–Trinajstić information content (AvgIpc) is 2.82. The van der Waals surface area contributed by atoms with Crippen LogP contribution in [0.4, 0.5) is 5.69 Å². The maximum Gasteiger partial charge on any atom is 0.349 e. The molecule has 1 aromatic heterocycles. The van der Waals surface area contributed by atoms with Crippen LogP contribution in [0.3, 0.4) is 0 Å². The highest BCUT2D eigenvalue weighted by atomic mass is 16.6. The van der Waals surface area contributed by atoms with Gasteiger partial charge in [-0.1, -0.05) is 36.4 Å². The van der Waals surface area contributed by atoms with E-state index in [1.54, 1.807) is 36.4 Å². The smallest absolute Gasteiger partial charge is 0.349 e. The van der Waals surface area contributed by atoms with Crippen LogP contribution < -0.4 is 5.32 Å². The Labute approximate surface area is 182 Å². The lowest BCUT2D eigenvalue weighted by atomic mass is 10.1. The molecule has 9 nitrogen and oxygen atoms in total. The number of benzene rings is 2. The van der Waals surface area contributed by atoms with Gasteiger partial charge in [-0.2, -0.15) is 0 Å². The minimum Gasteiger partial charge on any atom is -0.478 e. The molecule has 1 amide bonds. The van der Waals surface area contributed by atoms with E-state index in [0.29, 0.717) is 0 Å². The summed E-state index contributed by atoms with van der Waals surface area (Å²) in [7, 11) is 0. The number of carboxylic acid groups (broad SMARTS) is 1. The van der Waals surface area contributed by atoms with Gasteiger partial charge in [0, 0.05) is 18.1 Å². The molecule has 3 rings (SSSR count). The van der Waals surface area contributed by atoms with Gasteiger partial charge in [-0.15, -0.1) is 0 Å². The van der Waals surface area contributed by atoms with Crippen LogP contribution in [-0.4, -0.2) is 46.1 Å². The van der Waals surface area contributed by atoms with Crippen LogP contribution in [0.15, 0.2) is 85.2 Å². The van der Waals surface area contributed by atoms with Gasteiger partial charge in [-0.3, -0.25) is 9.78 Å². The second-order valence-electron chi connectivity index (χ2n) is 6.45. The number of anilines is 1. The Bertz CT molecular complexity index is 1090. The van der Waals surface area contributed by atoms with E-state index in [1.165, 1.54) is 48.8 Å². The number of carbonyl (C=O) groups excluding carboxylic acids is 3. The lowest BCUT2D eigenvalue weighted by Gasteiger charge is -2.23. The fourth-order valence-corrected chi connectivity index (χ4v) is 2.66. The maximum absolute atomic E-state index is 12.9. The summed E-state index contributed by atoms with van der Waals surface area (Å²) in [5.41, 5.74) is 0.443. The first-order chi connectivity index (χ1) is 15.5. The first-order valence-corrected chi connectivity index (χ1v) is 9.41. The zero-order valence-corrected chi connectivity index (χ0v) is 16.6. The highest BCUT2D eigenvalue weighted by Crippen LogP contribution is 2.15. The van der Waals surface area contributed by atoms with Crippen LogP contribution in [0.25, 0.3) is 0 Å². The molecule has 0 fully saturated rings. The first kappa shape index (κ1) is 22.2. The predicted molar refractivity (Wildman–Crippen MR) is 112 cm³/mol. The second kappa shape index (κ2) is 10.5. The van der Waals surface area contributed by atoms with Gasteiger partial charge >= 0.3 is 17.9 Å². The molecule has 2 N–H and O–H groups in total. The van der Waals surface area contributed by atoms with Gasteiger partial charge in [-0.25, -0.2) is 14.4 Å². The molecule has 1 heterocycles. The van der Waals surface area contributed by atoms with Crippen molar-refractivity contribution in [2.75, 3.05) is 5.32 Å². The molecule has 0 bridgehead atoms. The number of aliphatic carboxylic acids is 1. The molecule has 9 heteroatoms. The summed E-state index contributed by atoms with van der Waals surface area (Å²) < 4.78 is 10.3. The largest absolute Gasteiger partial charge is 0.478 e. The third-order valence-electron chi connectivity index (χ3n) is 4.21. The van der Waals surface area contributed by atoms with E-state index in [0.717, 1.165) is 0 Å². The summed E-state index contributed by atoms with van der Waals surface area (Å²) in [6, 6.07) is 18.2. The van der Waals surface area contributed by atoms with Crippen molar-refractivity contribution in [1.82, 2.24) is 4.98 Å². The van der Waals surface area contributed by atoms with Gasteiger partial charge in [0.05, 0.1) is 11.1 Å². The number of amides is 1. The number of ether oxygens (including phenoxy) is 2. The fourth-order valence-electron chi connectivity index (χ4n) is 2.66. The summed E-state index contributed by atoms with van der Waals surface area (Å²) in [6.45, 7) is 0. The van der Waals surface area contributed by atoms with Gasteiger partial charge < -0.3 is 19.9 Å². The topological polar surface area (TPSA) is 132 Å². The monoisotopic (exact) mass is 434 g/mol. The number of carbonyl (C=O) groups is 4. The molecule has 0 saturated heterocycles. The summed E-state index contributed by atoms with van der Waals surface area (Å²) >= 11 is 0.